The minimum absolute atomic E-state index is 0.258. The number of benzene rings is 1. The van der Waals surface area contributed by atoms with E-state index in [1.807, 2.05) is 12.1 Å². The van der Waals surface area contributed by atoms with Crippen molar-refractivity contribution in [2.45, 2.75) is 0 Å². The fourth-order valence-corrected chi connectivity index (χ4v) is 2.67. The van der Waals surface area contributed by atoms with Crippen LogP contribution in [0.5, 0.6) is 5.75 Å². The predicted octanol–water partition coefficient (Wildman–Crippen LogP) is 0.299. The number of methoxy groups -OCH3 is 1. The summed E-state index contributed by atoms with van der Waals surface area (Å²) in [5, 5.41) is 10.5. The first-order chi connectivity index (χ1) is 9.51. The van der Waals surface area contributed by atoms with Gasteiger partial charge in [0.15, 0.2) is 4.66 Å². The van der Waals surface area contributed by atoms with E-state index in [2.05, 4.69) is 0 Å². The summed E-state index contributed by atoms with van der Waals surface area (Å²) in [5.41, 5.74) is 0.543. The summed E-state index contributed by atoms with van der Waals surface area (Å²) in [7, 11) is 3.07. The molecule has 0 radical (unpaired) electrons. The molecule has 0 atom stereocenters. The Morgan fingerprint density at radius 1 is 1.45 bits per heavy atom. The fourth-order valence-electron chi connectivity index (χ4n) is 1.67. The summed E-state index contributed by atoms with van der Waals surface area (Å²) >= 11 is 1.08. The van der Waals surface area contributed by atoms with E-state index in [-0.39, 0.29) is 5.56 Å². The molecule has 1 aromatic heterocycles. The third-order valence-electron chi connectivity index (χ3n) is 2.67. The van der Waals surface area contributed by atoms with E-state index < -0.39 is 4.92 Å². The van der Waals surface area contributed by atoms with E-state index in [1.165, 1.54) is 11.6 Å². The van der Waals surface area contributed by atoms with Crippen molar-refractivity contribution in [3.63, 3.8) is 0 Å². The second-order valence-electron chi connectivity index (χ2n) is 4.00. The maximum atomic E-state index is 12.0. The molecule has 0 N–H and O–H groups in total. The molecule has 2 rings (SSSR count). The Morgan fingerprint density at radius 2 is 2.20 bits per heavy atom. The molecule has 0 unspecified atom stereocenters. The van der Waals surface area contributed by atoms with Crippen molar-refractivity contribution in [1.82, 2.24) is 4.57 Å². The van der Waals surface area contributed by atoms with E-state index in [0.29, 0.717) is 14.9 Å². The van der Waals surface area contributed by atoms with E-state index in [1.54, 1.807) is 25.3 Å². The zero-order valence-electron chi connectivity index (χ0n) is 10.9. The quantitative estimate of drug-likeness (QED) is 0.602. The first-order valence-corrected chi connectivity index (χ1v) is 6.50. The van der Waals surface area contributed by atoms with Gasteiger partial charge in [-0.1, -0.05) is 12.1 Å². The van der Waals surface area contributed by atoms with Crippen LogP contribution in [0, 0.1) is 10.1 Å². The summed E-state index contributed by atoms with van der Waals surface area (Å²) in [6.07, 6.45) is 2.52. The molecule has 1 aromatic carbocycles. The molecule has 7 heteroatoms. The molecule has 20 heavy (non-hydrogen) atoms. The van der Waals surface area contributed by atoms with Crippen LogP contribution in [0.1, 0.15) is 5.56 Å². The zero-order valence-corrected chi connectivity index (χ0v) is 11.7. The van der Waals surface area contributed by atoms with Crippen LogP contribution in [0.3, 0.4) is 0 Å². The molecule has 0 aliphatic rings. The van der Waals surface area contributed by atoms with Crippen molar-refractivity contribution in [3.8, 4) is 5.75 Å². The molecule has 1 heterocycles. The van der Waals surface area contributed by atoms with Gasteiger partial charge in [0.25, 0.3) is 11.8 Å². The standard InChI is InChI=1S/C13H12N2O4S/c1-14-12(8-15(17)18)20-11(13(14)16)7-9-4-3-5-10(6-9)19-2/h3-8H,1-2H3/b11-7+,12-8?. The molecule has 0 aliphatic heterocycles. The van der Waals surface area contributed by atoms with Crippen molar-refractivity contribution >= 4 is 23.6 Å². The van der Waals surface area contributed by atoms with Gasteiger partial charge in [0.2, 0.25) is 0 Å². The summed E-state index contributed by atoms with van der Waals surface area (Å²) in [5.74, 6) is 0.684. The van der Waals surface area contributed by atoms with Crippen LogP contribution in [0.15, 0.2) is 29.1 Å². The van der Waals surface area contributed by atoms with Gasteiger partial charge in [0, 0.05) is 7.05 Å². The topological polar surface area (TPSA) is 74.4 Å². The minimum Gasteiger partial charge on any atom is -0.497 e. The molecular formula is C13H12N2O4S. The van der Waals surface area contributed by atoms with Gasteiger partial charge in [-0.05, 0) is 23.8 Å². The lowest BCUT2D eigenvalue weighted by molar-refractivity contribution is -0.363. The van der Waals surface area contributed by atoms with Crippen LogP contribution in [-0.2, 0) is 7.05 Å². The van der Waals surface area contributed by atoms with E-state index >= 15 is 0 Å². The van der Waals surface area contributed by atoms with Crippen molar-refractivity contribution < 1.29 is 9.66 Å². The number of hydrogen-bond donors (Lipinski definition) is 0. The van der Waals surface area contributed by atoms with Crippen molar-refractivity contribution in [1.29, 1.82) is 0 Å². The van der Waals surface area contributed by atoms with Gasteiger partial charge in [0.1, 0.15) is 5.75 Å². The van der Waals surface area contributed by atoms with Crippen LogP contribution in [0.4, 0.5) is 0 Å². The van der Waals surface area contributed by atoms with Crippen LogP contribution in [-0.4, -0.2) is 16.6 Å². The van der Waals surface area contributed by atoms with Gasteiger partial charge in [0.05, 0.1) is 16.6 Å². The van der Waals surface area contributed by atoms with Gasteiger partial charge in [-0.25, -0.2) is 0 Å². The van der Waals surface area contributed by atoms with Gasteiger partial charge >= 0.3 is 0 Å². The molecule has 0 fully saturated rings. The molecule has 0 amide bonds. The molecule has 2 aromatic rings. The molecule has 0 spiro atoms. The van der Waals surface area contributed by atoms with E-state index in [9.17, 15) is 14.9 Å². The Hall–Kier alpha value is -2.41. The lowest BCUT2D eigenvalue weighted by Crippen LogP contribution is -2.29. The number of nitro groups is 1. The lowest BCUT2D eigenvalue weighted by atomic mass is 10.2. The normalized spacial score (nSPS) is 12.7. The molecule has 0 bridgehead atoms. The second-order valence-corrected chi connectivity index (χ2v) is 5.07. The molecule has 6 nitrogen and oxygen atoms in total. The SMILES string of the molecule is COc1cccc(/C=c2/sc(=C[N+](=O)[O-])n(C)c2=O)c1. The van der Waals surface area contributed by atoms with Gasteiger partial charge in [-0.15, -0.1) is 11.3 Å². The third kappa shape index (κ3) is 2.94. The summed E-state index contributed by atoms with van der Waals surface area (Å²) in [6.45, 7) is 0. The zero-order chi connectivity index (χ0) is 14.7. The number of nitrogens with zero attached hydrogens (tertiary/aromatic N) is 2. The predicted molar refractivity (Wildman–Crippen MR) is 76.8 cm³/mol. The first-order valence-electron chi connectivity index (χ1n) is 5.68. The first kappa shape index (κ1) is 14.0. The highest BCUT2D eigenvalue weighted by Gasteiger charge is 2.03. The number of aromatic nitrogens is 1. The number of hydrogen-bond acceptors (Lipinski definition) is 5. The van der Waals surface area contributed by atoms with Gasteiger partial charge < -0.3 is 4.74 Å². The molecular weight excluding hydrogens is 280 g/mol. The molecule has 0 aliphatic carbocycles. The Balaban J connectivity index is 2.61. The Bertz CT molecular complexity index is 820. The summed E-state index contributed by atoms with van der Waals surface area (Å²) in [6, 6.07) is 7.23. The number of thiazole rings is 1. The van der Waals surface area contributed by atoms with Gasteiger partial charge in [-0.3, -0.25) is 19.5 Å². The highest BCUT2D eigenvalue weighted by molar-refractivity contribution is 7.07. The average molecular weight is 292 g/mol. The average Bonchev–Trinajstić information content (AvgIpc) is 2.67. The third-order valence-corrected chi connectivity index (χ3v) is 3.77. The van der Waals surface area contributed by atoms with Crippen LogP contribution in [0.25, 0.3) is 12.3 Å². The Labute approximate surface area is 118 Å². The highest BCUT2D eigenvalue weighted by atomic mass is 32.1. The maximum Gasteiger partial charge on any atom is 0.268 e. The number of rotatable bonds is 3. The van der Waals surface area contributed by atoms with Crippen molar-refractivity contribution in [2.75, 3.05) is 7.11 Å². The van der Waals surface area contributed by atoms with Crippen LogP contribution >= 0.6 is 11.3 Å². The van der Waals surface area contributed by atoms with Crippen LogP contribution < -0.4 is 19.5 Å². The van der Waals surface area contributed by atoms with Gasteiger partial charge in [-0.2, -0.15) is 0 Å². The maximum absolute atomic E-state index is 12.0. The lowest BCUT2D eigenvalue weighted by Gasteiger charge is -1.99. The van der Waals surface area contributed by atoms with Crippen molar-refractivity contribution in [2.24, 2.45) is 7.05 Å². The fraction of sp³-hybridized carbons (Fsp3) is 0.154. The molecule has 104 valence electrons. The van der Waals surface area contributed by atoms with E-state index in [0.717, 1.165) is 23.1 Å². The largest absolute Gasteiger partial charge is 0.497 e. The summed E-state index contributed by atoms with van der Waals surface area (Å²) in [4.78, 5) is 21.9. The Morgan fingerprint density at radius 3 is 2.85 bits per heavy atom. The minimum atomic E-state index is -0.569. The molecule has 0 saturated carbocycles. The number of ether oxygens (including phenoxy) is 1. The van der Waals surface area contributed by atoms with Crippen LogP contribution in [0.2, 0.25) is 0 Å². The monoisotopic (exact) mass is 292 g/mol. The van der Waals surface area contributed by atoms with Crippen molar-refractivity contribution in [3.05, 3.63) is 59.5 Å². The summed E-state index contributed by atoms with van der Waals surface area (Å²) < 4.78 is 7.11. The smallest absolute Gasteiger partial charge is 0.268 e. The second kappa shape index (κ2) is 5.70. The van der Waals surface area contributed by atoms with E-state index in [4.69, 9.17) is 4.74 Å². The highest BCUT2D eigenvalue weighted by Crippen LogP contribution is 2.12. The Kier molecular flexibility index (Phi) is 3.99. The molecule has 0 saturated heterocycles.